The van der Waals surface area contributed by atoms with E-state index < -0.39 is 0 Å². The van der Waals surface area contributed by atoms with E-state index >= 15 is 0 Å². The zero-order valence-electron chi connectivity index (χ0n) is 12.8. The van der Waals surface area contributed by atoms with Gasteiger partial charge in [0.2, 0.25) is 0 Å². The van der Waals surface area contributed by atoms with E-state index in [0.29, 0.717) is 16.1 Å². The largest absolute Gasteiger partial charge is 0.346 e. The van der Waals surface area contributed by atoms with Crippen molar-refractivity contribution in [3.05, 3.63) is 69.9 Å². The highest BCUT2D eigenvalue weighted by Crippen LogP contribution is 2.15. The topological polar surface area (TPSA) is 64.0 Å². The van der Waals surface area contributed by atoms with Gasteiger partial charge in [0, 0.05) is 17.1 Å². The van der Waals surface area contributed by atoms with E-state index in [1.165, 1.54) is 30.4 Å². The van der Waals surface area contributed by atoms with Gasteiger partial charge in [-0.25, -0.2) is 9.07 Å². The van der Waals surface area contributed by atoms with Gasteiger partial charge in [-0.3, -0.25) is 9.59 Å². The molecular formula is C17H14FN3O2S. The summed E-state index contributed by atoms with van der Waals surface area (Å²) in [5.74, 6) is -0.619. The van der Waals surface area contributed by atoms with Crippen molar-refractivity contribution in [2.75, 3.05) is 0 Å². The Hall–Kier alpha value is -2.80. The van der Waals surface area contributed by atoms with Crippen molar-refractivity contribution in [1.82, 2.24) is 15.1 Å². The minimum absolute atomic E-state index is 0.0664. The van der Waals surface area contributed by atoms with Gasteiger partial charge in [-0.1, -0.05) is 0 Å². The maximum Gasteiger partial charge on any atom is 0.261 e. The predicted molar refractivity (Wildman–Crippen MR) is 89.0 cm³/mol. The number of amides is 1. The molecule has 0 radical (unpaired) electrons. The highest BCUT2D eigenvalue weighted by Gasteiger charge is 2.11. The number of aromatic nitrogens is 2. The summed E-state index contributed by atoms with van der Waals surface area (Å²) in [6.07, 6.45) is 1.74. The monoisotopic (exact) mass is 343 g/mol. The summed E-state index contributed by atoms with van der Waals surface area (Å²) in [4.78, 5) is 23.8. The van der Waals surface area contributed by atoms with Crippen LogP contribution in [0, 0.1) is 5.82 Å². The molecule has 0 spiro atoms. The minimum Gasteiger partial charge on any atom is -0.346 e. The van der Waals surface area contributed by atoms with Crippen molar-refractivity contribution >= 4 is 23.0 Å². The number of carbonyl (C=O) groups is 2. The van der Waals surface area contributed by atoms with Gasteiger partial charge in [0.25, 0.3) is 5.91 Å². The molecule has 0 aliphatic carbocycles. The van der Waals surface area contributed by atoms with Crippen LogP contribution in [0.2, 0.25) is 0 Å². The Labute approximate surface area is 141 Å². The fourth-order valence-electron chi connectivity index (χ4n) is 2.09. The van der Waals surface area contributed by atoms with Crippen molar-refractivity contribution < 1.29 is 14.0 Å². The Morgan fingerprint density at radius 1 is 1.25 bits per heavy atom. The molecule has 1 amide bonds. The Kier molecular flexibility index (Phi) is 4.52. The summed E-state index contributed by atoms with van der Waals surface area (Å²) in [6.45, 7) is 1.73. The van der Waals surface area contributed by atoms with E-state index in [1.807, 2.05) is 0 Å². The molecule has 0 aliphatic heterocycles. The quantitative estimate of drug-likeness (QED) is 0.724. The van der Waals surface area contributed by atoms with E-state index in [1.54, 1.807) is 40.5 Å². The minimum atomic E-state index is -0.306. The number of rotatable bonds is 5. The average Bonchev–Trinajstić information content (AvgIpc) is 3.23. The van der Waals surface area contributed by atoms with Crippen LogP contribution in [0.5, 0.6) is 0 Å². The summed E-state index contributed by atoms with van der Waals surface area (Å²) in [5, 5.41) is 8.77. The molecule has 2 heterocycles. The lowest BCUT2D eigenvalue weighted by atomic mass is 10.2. The predicted octanol–water partition coefficient (Wildman–Crippen LogP) is 3.21. The first kappa shape index (κ1) is 16.1. The number of carbonyl (C=O) groups excluding carboxylic acids is 2. The zero-order valence-corrected chi connectivity index (χ0v) is 13.6. The summed E-state index contributed by atoms with van der Waals surface area (Å²) >= 11 is 1.23. The maximum absolute atomic E-state index is 12.9. The molecule has 0 fully saturated rings. The summed E-state index contributed by atoms with van der Waals surface area (Å²) < 4.78 is 14.5. The van der Waals surface area contributed by atoms with Gasteiger partial charge < -0.3 is 5.32 Å². The number of thiophene rings is 1. The van der Waals surface area contributed by atoms with Gasteiger partial charge in [-0.2, -0.15) is 5.10 Å². The van der Waals surface area contributed by atoms with Crippen LogP contribution in [0.25, 0.3) is 5.69 Å². The number of benzene rings is 1. The Balaban J connectivity index is 1.63. The zero-order chi connectivity index (χ0) is 17.1. The number of halogens is 1. The van der Waals surface area contributed by atoms with E-state index in [9.17, 15) is 14.0 Å². The van der Waals surface area contributed by atoms with E-state index in [4.69, 9.17) is 0 Å². The van der Waals surface area contributed by atoms with Crippen LogP contribution in [0.15, 0.2) is 48.0 Å². The van der Waals surface area contributed by atoms with Crippen molar-refractivity contribution in [2.45, 2.75) is 13.5 Å². The molecule has 1 aromatic carbocycles. The smallest absolute Gasteiger partial charge is 0.261 e. The van der Waals surface area contributed by atoms with Crippen molar-refractivity contribution in [1.29, 1.82) is 0 Å². The van der Waals surface area contributed by atoms with Crippen molar-refractivity contribution in [3.63, 3.8) is 0 Å². The number of hydrogen-bond donors (Lipinski definition) is 1. The second kappa shape index (κ2) is 6.76. The van der Waals surface area contributed by atoms with Crippen LogP contribution >= 0.6 is 11.3 Å². The SMILES string of the molecule is CC(=O)c1csc(C(=O)NCc2ccn(-c3ccc(F)cc3)n2)c1. The lowest BCUT2D eigenvalue weighted by Crippen LogP contribution is -2.22. The molecule has 122 valence electrons. The molecule has 1 N–H and O–H groups in total. The first-order chi connectivity index (χ1) is 11.5. The summed E-state index contributed by atoms with van der Waals surface area (Å²) in [7, 11) is 0. The molecule has 3 rings (SSSR count). The Bertz CT molecular complexity index is 883. The highest BCUT2D eigenvalue weighted by atomic mass is 32.1. The molecule has 0 bridgehead atoms. The van der Waals surface area contributed by atoms with Gasteiger partial charge in [-0.15, -0.1) is 11.3 Å². The highest BCUT2D eigenvalue weighted by molar-refractivity contribution is 7.12. The first-order valence-electron chi connectivity index (χ1n) is 7.21. The second-order valence-electron chi connectivity index (χ2n) is 5.17. The molecule has 0 saturated heterocycles. The molecule has 3 aromatic rings. The fourth-order valence-corrected chi connectivity index (χ4v) is 2.95. The lowest BCUT2D eigenvalue weighted by Gasteiger charge is -2.02. The average molecular weight is 343 g/mol. The van der Waals surface area contributed by atoms with E-state index in [2.05, 4.69) is 10.4 Å². The Morgan fingerprint density at radius 3 is 2.67 bits per heavy atom. The summed E-state index contributed by atoms with van der Waals surface area (Å²) in [5.41, 5.74) is 1.94. The van der Waals surface area contributed by atoms with E-state index in [0.717, 1.165) is 5.69 Å². The number of hydrogen-bond acceptors (Lipinski definition) is 4. The van der Waals surface area contributed by atoms with Gasteiger partial charge >= 0.3 is 0 Å². The summed E-state index contributed by atoms with van der Waals surface area (Å²) in [6, 6.07) is 9.33. The first-order valence-corrected chi connectivity index (χ1v) is 8.09. The number of Topliss-reactive ketones (excluding diaryl/α,β-unsaturated/α-hetero) is 1. The molecule has 7 heteroatoms. The maximum atomic E-state index is 12.9. The third kappa shape index (κ3) is 3.57. The van der Waals surface area contributed by atoms with Gasteiger partial charge in [0.05, 0.1) is 22.8 Å². The van der Waals surface area contributed by atoms with Crippen LogP contribution in [0.4, 0.5) is 4.39 Å². The van der Waals surface area contributed by atoms with Crippen LogP contribution in [0.1, 0.15) is 32.6 Å². The van der Waals surface area contributed by atoms with Crippen LogP contribution < -0.4 is 5.32 Å². The number of ketones is 1. The van der Waals surface area contributed by atoms with Crippen molar-refractivity contribution in [2.24, 2.45) is 0 Å². The van der Waals surface area contributed by atoms with Gasteiger partial charge in [0.15, 0.2) is 5.78 Å². The van der Waals surface area contributed by atoms with Gasteiger partial charge in [-0.05, 0) is 43.3 Å². The van der Waals surface area contributed by atoms with Crippen LogP contribution in [-0.2, 0) is 6.54 Å². The molecule has 0 atom stereocenters. The van der Waals surface area contributed by atoms with E-state index in [-0.39, 0.29) is 24.1 Å². The third-order valence-corrected chi connectivity index (χ3v) is 4.32. The molecular weight excluding hydrogens is 329 g/mol. The fraction of sp³-hybridized carbons (Fsp3) is 0.118. The Morgan fingerprint density at radius 2 is 2.00 bits per heavy atom. The molecule has 24 heavy (non-hydrogen) atoms. The number of nitrogens with one attached hydrogen (secondary N) is 1. The van der Waals surface area contributed by atoms with Crippen LogP contribution in [0.3, 0.4) is 0 Å². The van der Waals surface area contributed by atoms with Gasteiger partial charge in [0.1, 0.15) is 5.82 Å². The second-order valence-corrected chi connectivity index (χ2v) is 6.08. The third-order valence-electron chi connectivity index (χ3n) is 3.40. The molecule has 5 nitrogen and oxygen atoms in total. The van der Waals surface area contributed by atoms with Crippen LogP contribution in [-0.4, -0.2) is 21.5 Å². The lowest BCUT2D eigenvalue weighted by molar-refractivity contribution is 0.0954. The number of nitrogens with zero attached hydrogens (tertiary/aromatic N) is 2. The molecule has 0 saturated carbocycles. The normalized spacial score (nSPS) is 10.6. The molecule has 2 aromatic heterocycles. The standard InChI is InChI=1S/C17H14FN3O2S/c1-11(22)12-8-16(24-10-12)17(23)19-9-14-6-7-21(20-14)15-4-2-13(18)3-5-15/h2-8,10H,9H2,1H3,(H,19,23). The molecule has 0 aliphatic rings. The van der Waals surface area contributed by atoms with Crippen molar-refractivity contribution in [3.8, 4) is 5.69 Å². The molecule has 0 unspecified atom stereocenters.